The summed E-state index contributed by atoms with van der Waals surface area (Å²) in [5.74, 6) is 0.822. The molecule has 3 aromatic carbocycles. The van der Waals surface area contributed by atoms with E-state index in [0.29, 0.717) is 40.2 Å². The van der Waals surface area contributed by atoms with Crippen LogP contribution < -0.4 is 9.47 Å². The average molecular weight is 573 g/mol. The van der Waals surface area contributed by atoms with Gasteiger partial charge in [-0.05, 0) is 72.6 Å². The highest BCUT2D eigenvalue weighted by Crippen LogP contribution is 2.39. The van der Waals surface area contributed by atoms with Crippen LogP contribution >= 0.6 is 39.3 Å². The first-order valence-electron chi connectivity index (χ1n) is 11.0. The van der Waals surface area contributed by atoms with Crippen LogP contribution in [-0.4, -0.2) is 22.7 Å². The molecule has 1 aliphatic heterocycles. The van der Waals surface area contributed by atoms with E-state index < -0.39 is 0 Å². The topological polar surface area (TPSA) is 55.8 Å². The van der Waals surface area contributed by atoms with Crippen molar-refractivity contribution in [3.63, 3.8) is 0 Å². The Labute approximate surface area is 222 Å². The number of hydrogen-bond acceptors (Lipinski definition) is 5. The number of benzene rings is 3. The van der Waals surface area contributed by atoms with Crippen LogP contribution in [0.4, 0.5) is 4.79 Å². The molecule has 0 bridgehead atoms. The van der Waals surface area contributed by atoms with Crippen LogP contribution in [0.1, 0.15) is 29.2 Å². The van der Waals surface area contributed by atoms with Crippen molar-refractivity contribution in [2.45, 2.75) is 27.0 Å². The van der Waals surface area contributed by atoms with Crippen molar-refractivity contribution in [2.75, 3.05) is 6.61 Å². The molecule has 0 aromatic heterocycles. The minimum Gasteiger partial charge on any atom is -0.490 e. The number of nitrogens with zero attached hydrogens (tertiary/aromatic N) is 1. The molecule has 180 valence electrons. The maximum Gasteiger partial charge on any atom is 0.293 e. The molecule has 0 spiro atoms. The maximum absolute atomic E-state index is 13.0. The summed E-state index contributed by atoms with van der Waals surface area (Å²) in [5, 5.41) is 0.291. The Hall–Kier alpha value is -2.74. The molecule has 0 aliphatic carbocycles. The van der Waals surface area contributed by atoms with E-state index in [4.69, 9.17) is 21.1 Å². The molecule has 0 atom stereocenters. The van der Waals surface area contributed by atoms with Gasteiger partial charge in [-0.25, -0.2) is 0 Å². The predicted octanol–water partition coefficient (Wildman–Crippen LogP) is 7.63. The third kappa shape index (κ3) is 6.28. The minimum absolute atomic E-state index is 0.191. The standard InChI is InChI=1S/C27H23BrClNO4S/c1-3-33-23-12-20(22(28)14-24(23)34-16-19-6-4-5-17(2)11-19)13-25-26(31)30(27(32)35-25)15-18-7-9-21(29)10-8-18/h4-14H,3,15-16H2,1-2H3/b25-13-. The van der Waals surface area contributed by atoms with Crippen LogP contribution in [0.15, 0.2) is 70.0 Å². The highest BCUT2D eigenvalue weighted by atomic mass is 79.9. The van der Waals surface area contributed by atoms with Crippen molar-refractivity contribution in [2.24, 2.45) is 0 Å². The molecule has 1 saturated heterocycles. The first-order valence-corrected chi connectivity index (χ1v) is 13.0. The quantitative estimate of drug-likeness (QED) is 0.260. The maximum atomic E-state index is 13.0. The van der Waals surface area contributed by atoms with Gasteiger partial charge in [-0.3, -0.25) is 14.5 Å². The molecule has 0 N–H and O–H groups in total. The van der Waals surface area contributed by atoms with Crippen LogP contribution in [0, 0.1) is 6.92 Å². The SMILES string of the molecule is CCOc1cc(/C=C2\SC(=O)N(Cc3ccc(Cl)cc3)C2=O)c(Br)cc1OCc1cccc(C)c1. The Morgan fingerprint density at radius 2 is 1.74 bits per heavy atom. The summed E-state index contributed by atoms with van der Waals surface area (Å²) >= 11 is 10.4. The molecule has 1 heterocycles. The first-order chi connectivity index (χ1) is 16.8. The molecule has 2 amide bonds. The van der Waals surface area contributed by atoms with E-state index in [1.54, 1.807) is 30.3 Å². The van der Waals surface area contributed by atoms with Gasteiger partial charge >= 0.3 is 0 Å². The van der Waals surface area contributed by atoms with Gasteiger partial charge < -0.3 is 9.47 Å². The molecule has 0 saturated carbocycles. The van der Waals surface area contributed by atoms with Gasteiger partial charge in [0.2, 0.25) is 0 Å². The Balaban J connectivity index is 1.55. The van der Waals surface area contributed by atoms with Gasteiger partial charge in [-0.2, -0.15) is 0 Å². The molecular formula is C27H23BrClNO4S. The molecule has 1 aliphatic rings. The zero-order chi connectivity index (χ0) is 24.9. The van der Waals surface area contributed by atoms with Crippen molar-refractivity contribution in [1.82, 2.24) is 4.90 Å². The normalized spacial score (nSPS) is 14.6. The summed E-state index contributed by atoms with van der Waals surface area (Å²) in [6.07, 6.45) is 1.70. The Kier molecular flexibility index (Phi) is 8.21. The second kappa shape index (κ2) is 11.3. The third-order valence-electron chi connectivity index (χ3n) is 5.25. The average Bonchev–Trinajstić information content (AvgIpc) is 3.09. The fourth-order valence-corrected chi connectivity index (χ4v) is 4.95. The number of carbonyl (C=O) groups excluding carboxylic acids is 2. The third-order valence-corrected chi connectivity index (χ3v) is 7.10. The number of imide groups is 1. The summed E-state index contributed by atoms with van der Waals surface area (Å²) in [6.45, 7) is 4.98. The van der Waals surface area contributed by atoms with E-state index in [1.165, 1.54) is 4.90 Å². The van der Waals surface area contributed by atoms with Gasteiger partial charge in [0, 0.05) is 9.50 Å². The number of amides is 2. The van der Waals surface area contributed by atoms with Crippen LogP contribution in [0.2, 0.25) is 5.02 Å². The molecule has 0 radical (unpaired) electrons. The number of thioether (sulfide) groups is 1. The molecule has 8 heteroatoms. The minimum atomic E-state index is -0.334. The van der Waals surface area contributed by atoms with Crippen LogP contribution in [0.3, 0.4) is 0 Å². The molecule has 1 fully saturated rings. The highest BCUT2D eigenvalue weighted by molar-refractivity contribution is 9.10. The van der Waals surface area contributed by atoms with Gasteiger partial charge in [0.1, 0.15) is 6.61 Å². The van der Waals surface area contributed by atoms with E-state index in [9.17, 15) is 9.59 Å². The van der Waals surface area contributed by atoms with E-state index in [0.717, 1.165) is 32.9 Å². The van der Waals surface area contributed by atoms with Crippen molar-refractivity contribution in [3.05, 3.63) is 97.3 Å². The number of halogens is 2. The van der Waals surface area contributed by atoms with Crippen LogP contribution in [-0.2, 0) is 17.9 Å². The lowest BCUT2D eigenvalue weighted by Crippen LogP contribution is -2.27. The summed E-state index contributed by atoms with van der Waals surface area (Å²) in [6, 6.07) is 18.8. The molecule has 35 heavy (non-hydrogen) atoms. The van der Waals surface area contributed by atoms with Crippen LogP contribution in [0.5, 0.6) is 11.5 Å². The number of ether oxygens (including phenoxy) is 2. The Morgan fingerprint density at radius 3 is 2.46 bits per heavy atom. The lowest BCUT2D eigenvalue weighted by atomic mass is 10.1. The van der Waals surface area contributed by atoms with Gasteiger partial charge in [0.05, 0.1) is 18.1 Å². The monoisotopic (exact) mass is 571 g/mol. The van der Waals surface area contributed by atoms with E-state index in [2.05, 4.69) is 22.0 Å². The highest BCUT2D eigenvalue weighted by Gasteiger charge is 2.35. The molecule has 0 unspecified atom stereocenters. The largest absolute Gasteiger partial charge is 0.490 e. The van der Waals surface area contributed by atoms with Crippen molar-refractivity contribution < 1.29 is 19.1 Å². The molecule has 5 nitrogen and oxygen atoms in total. The number of carbonyl (C=O) groups is 2. The van der Waals surface area contributed by atoms with Gasteiger partial charge in [0.15, 0.2) is 11.5 Å². The number of hydrogen-bond donors (Lipinski definition) is 0. The fourth-order valence-electron chi connectivity index (χ4n) is 3.56. The van der Waals surface area contributed by atoms with Gasteiger partial charge in [-0.15, -0.1) is 0 Å². The molecule has 3 aromatic rings. The van der Waals surface area contributed by atoms with Crippen molar-refractivity contribution >= 4 is 56.5 Å². The van der Waals surface area contributed by atoms with E-state index in [-0.39, 0.29) is 17.7 Å². The summed E-state index contributed by atoms with van der Waals surface area (Å²) in [5.41, 5.74) is 3.76. The second-order valence-electron chi connectivity index (χ2n) is 7.93. The smallest absolute Gasteiger partial charge is 0.293 e. The summed E-state index contributed by atoms with van der Waals surface area (Å²) in [4.78, 5) is 27.1. The van der Waals surface area contributed by atoms with Gasteiger partial charge in [-0.1, -0.05) is 69.5 Å². The van der Waals surface area contributed by atoms with Crippen LogP contribution in [0.25, 0.3) is 6.08 Å². The van der Waals surface area contributed by atoms with E-state index in [1.807, 2.05) is 44.2 Å². The predicted molar refractivity (Wildman–Crippen MR) is 144 cm³/mol. The first kappa shape index (κ1) is 25.4. The van der Waals surface area contributed by atoms with Gasteiger partial charge in [0.25, 0.3) is 11.1 Å². The summed E-state index contributed by atoms with van der Waals surface area (Å²) < 4.78 is 12.6. The lowest BCUT2D eigenvalue weighted by molar-refractivity contribution is -0.123. The van der Waals surface area contributed by atoms with Crippen molar-refractivity contribution in [1.29, 1.82) is 0 Å². The van der Waals surface area contributed by atoms with Crippen molar-refractivity contribution in [3.8, 4) is 11.5 Å². The Morgan fingerprint density at radius 1 is 1.00 bits per heavy atom. The number of aryl methyl sites for hydroxylation is 1. The molecular weight excluding hydrogens is 550 g/mol. The second-order valence-corrected chi connectivity index (χ2v) is 10.2. The Bertz CT molecular complexity index is 1290. The summed E-state index contributed by atoms with van der Waals surface area (Å²) in [7, 11) is 0. The van der Waals surface area contributed by atoms with E-state index >= 15 is 0 Å². The zero-order valence-corrected chi connectivity index (χ0v) is 22.4. The zero-order valence-electron chi connectivity index (χ0n) is 19.2. The lowest BCUT2D eigenvalue weighted by Gasteiger charge is -2.15. The molecule has 4 rings (SSSR count). The number of rotatable bonds is 8. The fraction of sp³-hybridized carbons (Fsp3) is 0.185.